The summed E-state index contributed by atoms with van der Waals surface area (Å²) in [5, 5.41) is 19.4. The van der Waals surface area contributed by atoms with E-state index in [0.717, 1.165) is 12.1 Å². The topological polar surface area (TPSA) is 89.0 Å². The number of aromatic nitrogens is 1. The van der Waals surface area contributed by atoms with Crippen molar-refractivity contribution in [2.75, 3.05) is 0 Å². The van der Waals surface area contributed by atoms with Gasteiger partial charge in [-0.25, -0.2) is 4.39 Å². The Balaban J connectivity index is 2.32. The number of hydrogen-bond acceptors (Lipinski definition) is 5. The van der Waals surface area contributed by atoms with E-state index < -0.39 is 16.4 Å². The van der Waals surface area contributed by atoms with Crippen molar-refractivity contribution in [2.45, 2.75) is 0 Å². The molecule has 6 nitrogen and oxygen atoms in total. The first-order valence-corrected chi connectivity index (χ1v) is 5.09. The molecule has 0 saturated carbocycles. The third-order valence-corrected chi connectivity index (χ3v) is 2.17. The van der Waals surface area contributed by atoms with E-state index in [4.69, 9.17) is 10.00 Å². The largest absolute Gasteiger partial charge is 0.439 e. The Hall–Kier alpha value is -3.01. The van der Waals surface area contributed by atoms with Crippen LogP contribution in [-0.4, -0.2) is 9.91 Å². The highest BCUT2D eigenvalue weighted by atomic mass is 19.1. The quantitative estimate of drug-likeness (QED) is 0.624. The molecule has 0 spiro atoms. The lowest BCUT2D eigenvalue weighted by Gasteiger charge is -2.04. The summed E-state index contributed by atoms with van der Waals surface area (Å²) in [7, 11) is 0. The molecule has 1 aromatic carbocycles. The Morgan fingerprint density at radius 2 is 2.16 bits per heavy atom. The van der Waals surface area contributed by atoms with Gasteiger partial charge in [0.1, 0.15) is 17.6 Å². The van der Waals surface area contributed by atoms with Gasteiger partial charge in [-0.2, -0.15) is 10.2 Å². The summed E-state index contributed by atoms with van der Waals surface area (Å²) in [5.74, 6) is -0.321. The van der Waals surface area contributed by atoms with Crippen LogP contribution in [0.5, 0.6) is 11.6 Å². The molecule has 0 aliphatic carbocycles. The summed E-state index contributed by atoms with van der Waals surface area (Å²) in [6.45, 7) is 0. The molecule has 0 amide bonds. The van der Waals surface area contributed by atoms with Crippen molar-refractivity contribution in [1.82, 2.24) is 4.98 Å². The summed E-state index contributed by atoms with van der Waals surface area (Å²) in [4.78, 5) is 13.6. The summed E-state index contributed by atoms with van der Waals surface area (Å²) in [6.07, 6.45) is 0. The van der Waals surface area contributed by atoms with E-state index in [-0.39, 0.29) is 17.3 Å². The molecule has 0 bridgehead atoms. The van der Waals surface area contributed by atoms with E-state index >= 15 is 0 Å². The van der Waals surface area contributed by atoms with Crippen LogP contribution in [0.2, 0.25) is 0 Å². The average molecular weight is 259 g/mol. The lowest BCUT2D eigenvalue weighted by Crippen LogP contribution is -1.97. The van der Waals surface area contributed by atoms with Gasteiger partial charge in [-0.15, -0.1) is 0 Å². The number of pyridine rings is 1. The third kappa shape index (κ3) is 2.81. The van der Waals surface area contributed by atoms with Gasteiger partial charge in [-0.05, 0) is 12.1 Å². The van der Waals surface area contributed by atoms with Crippen molar-refractivity contribution in [2.24, 2.45) is 0 Å². The average Bonchev–Trinajstić information content (AvgIpc) is 2.38. The monoisotopic (exact) mass is 259 g/mol. The SMILES string of the molecule is N#Cc1nc(Oc2cccc(F)c2)ccc1[N+](=O)[O-]. The van der Waals surface area contributed by atoms with E-state index in [1.165, 1.54) is 24.3 Å². The summed E-state index contributed by atoms with van der Waals surface area (Å²) >= 11 is 0. The number of nitro groups is 1. The maximum Gasteiger partial charge on any atom is 0.305 e. The van der Waals surface area contributed by atoms with Crippen LogP contribution in [0.4, 0.5) is 10.1 Å². The van der Waals surface area contributed by atoms with Gasteiger partial charge in [-0.1, -0.05) is 6.07 Å². The molecule has 0 N–H and O–H groups in total. The van der Waals surface area contributed by atoms with E-state index in [9.17, 15) is 14.5 Å². The maximum atomic E-state index is 12.9. The number of halogens is 1. The maximum absolute atomic E-state index is 12.9. The Morgan fingerprint density at radius 3 is 2.79 bits per heavy atom. The van der Waals surface area contributed by atoms with Crippen LogP contribution in [0.25, 0.3) is 0 Å². The predicted octanol–water partition coefficient (Wildman–Crippen LogP) is 2.79. The highest BCUT2D eigenvalue weighted by molar-refractivity contribution is 5.45. The summed E-state index contributed by atoms with van der Waals surface area (Å²) in [6, 6.07) is 9.28. The fourth-order valence-electron chi connectivity index (χ4n) is 1.37. The zero-order chi connectivity index (χ0) is 13.8. The van der Waals surface area contributed by atoms with E-state index in [2.05, 4.69) is 4.98 Å². The number of hydrogen-bond donors (Lipinski definition) is 0. The minimum atomic E-state index is -0.711. The standard InChI is InChI=1S/C12H6FN3O3/c13-8-2-1-3-9(6-8)19-12-5-4-11(16(17)18)10(7-14)15-12/h1-6H. The molecule has 0 unspecified atom stereocenters. The fraction of sp³-hybridized carbons (Fsp3) is 0. The zero-order valence-electron chi connectivity index (χ0n) is 9.41. The van der Waals surface area contributed by atoms with Crippen LogP contribution >= 0.6 is 0 Å². The number of nitrogens with zero attached hydrogens (tertiary/aromatic N) is 3. The Bertz CT molecular complexity index is 682. The van der Waals surface area contributed by atoms with Crippen molar-refractivity contribution >= 4 is 5.69 Å². The molecule has 1 heterocycles. The second kappa shape index (κ2) is 5.10. The Morgan fingerprint density at radius 1 is 1.37 bits per heavy atom. The molecule has 2 rings (SSSR count). The molecule has 0 radical (unpaired) electrons. The summed E-state index contributed by atoms with van der Waals surface area (Å²) < 4.78 is 18.2. The number of ether oxygens (including phenoxy) is 1. The zero-order valence-corrected chi connectivity index (χ0v) is 9.41. The number of rotatable bonds is 3. The highest BCUT2D eigenvalue weighted by Crippen LogP contribution is 2.24. The minimum Gasteiger partial charge on any atom is -0.439 e. The van der Waals surface area contributed by atoms with Crippen LogP contribution in [-0.2, 0) is 0 Å². The number of benzene rings is 1. The first-order valence-electron chi connectivity index (χ1n) is 5.09. The molecule has 7 heteroatoms. The van der Waals surface area contributed by atoms with Gasteiger partial charge in [0.25, 0.3) is 0 Å². The van der Waals surface area contributed by atoms with Crippen LogP contribution in [0.1, 0.15) is 5.69 Å². The van der Waals surface area contributed by atoms with Gasteiger partial charge in [0.15, 0.2) is 0 Å². The normalized spacial score (nSPS) is 9.68. The highest BCUT2D eigenvalue weighted by Gasteiger charge is 2.16. The van der Waals surface area contributed by atoms with Crippen molar-refractivity contribution in [3.63, 3.8) is 0 Å². The minimum absolute atomic E-state index is 0.0206. The molecule has 0 fully saturated rings. The molecule has 0 aliphatic heterocycles. The Kier molecular flexibility index (Phi) is 3.34. The second-order valence-electron chi connectivity index (χ2n) is 3.45. The van der Waals surface area contributed by atoms with Crippen molar-refractivity contribution in [1.29, 1.82) is 5.26 Å². The van der Waals surface area contributed by atoms with Crippen LogP contribution < -0.4 is 4.74 Å². The van der Waals surface area contributed by atoms with Crippen LogP contribution in [0.3, 0.4) is 0 Å². The molecule has 19 heavy (non-hydrogen) atoms. The van der Waals surface area contributed by atoms with E-state index in [1.807, 2.05) is 0 Å². The lowest BCUT2D eigenvalue weighted by atomic mass is 10.3. The molecule has 2 aromatic rings. The number of nitriles is 1. The molecular weight excluding hydrogens is 253 g/mol. The molecule has 0 aliphatic rings. The van der Waals surface area contributed by atoms with Crippen LogP contribution in [0, 0.1) is 27.3 Å². The smallest absolute Gasteiger partial charge is 0.305 e. The van der Waals surface area contributed by atoms with Gasteiger partial charge < -0.3 is 4.74 Å². The molecule has 0 saturated heterocycles. The van der Waals surface area contributed by atoms with Gasteiger partial charge >= 0.3 is 5.69 Å². The third-order valence-electron chi connectivity index (χ3n) is 2.17. The van der Waals surface area contributed by atoms with Crippen LogP contribution in [0.15, 0.2) is 36.4 Å². The van der Waals surface area contributed by atoms with Crippen molar-refractivity contribution in [3.8, 4) is 17.7 Å². The van der Waals surface area contributed by atoms with Gasteiger partial charge in [0, 0.05) is 18.2 Å². The van der Waals surface area contributed by atoms with Gasteiger partial charge in [0.05, 0.1) is 4.92 Å². The summed E-state index contributed by atoms with van der Waals surface area (Å²) in [5.41, 5.74) is -0.770. The van der Waals surface area contributed by atoms with E-state index in [1.54, 1.807) is 6.07 Å². The second-order valence-corrected chi connectivity index (χ2v) is 3.45. The first kappa shape index (κ1) is 12.4. The van der Waals surface area contributed by atoms with Gasteiger partial charge in [-0.3, -0.25) is 10.1 Å². The molecule has 1 aromatic heterocycles. The van der Waals surface area contributed by atoms with E-state index in [0.29, 0.717) is 0 Å². The molecular formula is C12H6FN3O3. The van der Waals surface area contributed by atoms with Crippen molar-refractivity contribution in [3.05, 3.63) is 58.0 Å². The molecule has 94 valence electrons. The first-order chi connectivity index (χ1) is 9.10. The van der Waals surface area contributed by atoms with Gasteiger partial charge in [0.2, 0.25) is 11.6 Å². The Labute approximate surface area is 106 Å². The fourth-order valence-corrected chi connectivity index (χ4v) is 1.37. The lowest BCUT2D eigenvalue weighted by molar-refractivity contribution is -0.385. The van der Waals surface area contributed by atoms with Crippen molar-refractivity contribution < 1.29 is 14.1 Å². The molecule has 0 atom stereocenters. The predicted molar refractivity (Wildman–Crippen MR) is 62.1 cm³/mol.